The van der Waals surface area contributed by atoms with Gasteiger partial charge in [-0.3, -0.25) is 24.5 Å². The van der Waals surface area contributed by atoms with Crippen molar-refractivity contribution >= 4 is 23.7 Å². The zero-order valence-electron chi connectivity index (χ0n) is 10.3. The van der Waals surface area contributed by atoms with Crippen LogP contribution in [0.25, 0.3) is 0 Å². The molecule has 8 N–H and O–H groups in total. The first-order chi connectivity index (χ1) is 8.73. The first-order valence-corrected chi connectivity index (χ1v) is 5.60. The summed E-state index contributed by atoms with van der Waals surface area (Å²) in [6, 6.07) is -2.19. The van der Waals surface area contributed by atoms with Gasteiger partial charge in [0.15, 0.2) is 0 Å². The van der Waals surface area contributed by atoms with Crippen molar-refractivity contribution in [1.82, 2.24) is 5.32 Å². The van der Waals surface area contributed by atoms with Gasteiger partial charge in [0.25, 0.3) is 0 Å². The molecule has 19 heavy (non-hydrogen) atoms. The molecule has 0 aromatic rings. The number of hydrogen-bond acceptors (Lipinski definition) is 6. The molecular formula is C10H18N4O5. The Hall–Kier alpha value is -2.00. The fourth-order valence-corrected chi connectivity index (χ4v) is 1.13. The van der Waals surface area contributed by atoms with Crippen molar-refractivity contribution in [2.75, 3.05) is 0 Å². The van der Waals surface area contributed by atoms with Crippen molar-refractivity contribution in [3.05, 3.63) is 0 Å². The largest absolute Gasteiger partial charge is 0.480 e. The molecule has 0 aliphatic heterocycles. The first kappa shape index (κ1) is 17.0. The molecular weight excluding hydrogens is 256 g/mol. The van der Waals surface area contributed by atoms with Crippen molar-refractivity contribution < 1.29 is 24.3 Å². The highest BCUT2D eigenvalue weighted by atomic mass is 16.4. The number of aliphatic carboxylic acids is 1. The van der Waals surface area contributed by atoms with E-state index >= 15 is 0 Å². The molecule has 3 amide bonds. The molecule has 0 aliphatic carbocycles. The van der Waals surface area contributed by atoms with Crippen LogP contribution < -0.4 is 22.5 Å². The van der Waals surface area contributed by atoms with Crippen molar-refractivity contribution in [1.29, 1.82) is 0 Å². The summed E-state index contributed by atoms with van der Waals surface area (Å²) < 4.78 is 0. The summed E-state index contributed by atoms with van der Waals surface area (Å²) in [6.45, 7) is 0. The average molecular weight is 274 g/mol. The lowest BCUT2D eigenvalue weighted by Crippen LogP contribution is -2.44. The van der Waals surface area contributed by atoms with Crippen molar-refractivity contribution in [3.63, 3.8) is 0 Å². The molecule has 0 bridgehead atoms. The molecule has 2 atom stereocenters. The number of carbonyl (C=O) groups excluding carboxylic acids is 3. The Morgan fingerprint density at radius 3 is 2.00 bits per heavy atom. The number of carbonyl (C=O) groups is 4. The summed E-state index contributed by atoms with van der Waals surface area (Å²) in [5, 5.41) is 10.5. The monoisotopic (exact) mass is 274 g/mol. The predicted molar refractivity (Wildman–Crippen MR) is 64.4 cm³/mol. The molecule has 0 heterocycles. The molecule has 0 radical (unpaired) electrons. The molecule has 0 aliphatic rings. The summed E-state index contributed by atoms with van der Waals surface area (Å²) in [7, 11) is 0. The van der Waals surface area contributed by atoms with E-state index in [-0.39, 0.29) is 25.7 Å². The molecule has 0 saturated heterocycles. The highest BCUT2D eigenvalue weighted by molar-refractivity contribution is 5.97. The maximum atomic E-state index is 11.4. The van der Waals surface area contributed by atoms with E-state index in [1.807, 2.05) is 5.32 Å². The van der Waals surface area contributed by atoms with Crippen LogP contribution in [0.3, 0.4) is 0 Å². The molecule has 0 aromatic heterocycles. The highest BCUT2D eigenvalue weighted by Gasteiger charge is 2.18. The van der Waals surface area contributed by atoms with E-state index in [0.29, 0.717) is 0 Å². The molecule has 0 aromatic carbocycles. The van der Waals surface area contributed by atoms with Gasteiger partial charge < -0.3 is 22.3 Å². The van der Waals surface area contributed by atoms with Crippen LogP contribution in [0, 0.1) is 0 Å². The number of imide groups is 1. The van der Waals surface area contributed by atoms with Crippen LogP contribution in [0.15, 0.2) is 0 Å². The topological polar surface area (TPSA) is 179 Å². The van der Waals surface area contributed by atoms with Crippen LogP contribution in [-0.2, 0) is 19.2 Å². The Morgan fingerprint density at radius 1 is 1.00 bits per heavy atom. The number of hydrogen-bond donors (Lipinski definition) is 5. The highest BCUT2D eigenvalue weighted by Crippen LogP contribution is 1.97. The number of amides is 3. The van der Waals surface area contributed by atoms with Crippen LogP contribution in [0.1, 0.15) is 25.7 Å². The number of nitrogens with two attached hydrogens (primary N) is 3. The fourth-order valence-electron chi connectivity index (χ4n) is 1.13. The second kappa shape index (κ2) is 8.16. The van der Waals surface area contributed by atoms with Gasteiger partial charge in [-0.2, -0.15) is 0 Å². The third-order valence-corrected chi connectivity index (χ3v) is 2.30. The van der Waals surface area contributed by atoms with E-state index < -0.39 is 35.8 Å². The minimum Gasteiger partial charge on any atom is -0.480 e. The standard InChI is InChI=1S/C10H18N4O5/c11-5(1-3-7(13)15)9(17)14-8(16)4-2-6(12)10(18)19/h5-6H,1-4,11-12H2,(H2,13,15)(H,18,19)(H,14,16,17)/t5-,6-/m0/s1. The van der Waals surface area contributed by atoms with Crippen molar-refractivity contribution in [2.24, 2.45) is 17.2 Å². The van der Waals surface area contributed by atoms with Crippen molar-refractivity contribution in [2.45, 2.75) is 37.8 Å². The predicted octanol–water partition coefficient (Wildman–Crippen LogP) is -2.59. The Kier molecular flexibility index (Phi) is 7.30. The quantitative estimate of drug-likeness (QED) is 0.322. The second-order valence-electron chi connectivity index (χ2n) is 4.01. The normalized spacial score (nSPS) is 13.4. The van der Waals surface area contributed by atoms with Crippen LogP contribution >= 0.6 is 0 Å². The van der Waals surface area contributed by atoms with Gasteiger partial charge >= 0.3 is 5.97 Å². The number of carboxylic acids is 1. The summed E-state index contributed by atoms with van der Waals surface area (Å²) in [6.07, 6.45) is -0.331. The summed E-state index contributed by atoms with van der Waals surface area (Å²) in [5.41, 5.74) is 15.5. The minimum atomic E-state index is -1.22. The maximum absolute atomic E-state index is 11.4. The van der Waals surface area contributed by atoms with E-state index in [2.05, 4.69) is 0 Å². The lowest BCUT2D eigenvalue weighted by atomic mass is 10.1. The molecule has 108 valence electrons. The van der Waals surface area contributed by atoms with E-state index in [9.17, 15) is 19.2 Å². The molecule has 0 unspecified atom stereocenters. The molecule has 9 nitrogen and oxygen atoms in total. The van der Waals surface area contributed by atoms with Gasteiger partial charge in [-0.05, 0) is 12.8 Å². The molecule has 0 fully saturated rings. The number of carboxylic acid groups (broad SMARTS) is 1. The Bertz CT molecular complexity index is 371. The van der Waals surface area contributed by atoms with E-state index in [1.165, 1.54) is 0 Å². The SMILES string of the molecule is NC(=O)CC[C@H](N)C(=O)NC(=O)CC[C@H](N)C(=O)O. The maximum Gasteiger partial charge on any atom is 0.320 e. The summed E-state index contributed by atoms with van der Waals surface area (Å²) >= 11 is 0. The van der Waals surface area contributed by atoms with E-state index in [1.54, 1.807) is 0 Å². The molecule has 0 rings (SSSR count). The zero-order valence-corrected chi connectivity index (χ0v) is 10.3. The third kappa shape index (κ3) is 7.84. The van der Waals surface area contributed by atoms with Gasteiger partial charge in [0.05, 0.1) is 6.04 Å². The van der Waals surface area contributed by atoms with Crippen LogP contribution in [-0.4, -0.2) is 40.9 Å². The Morgan fingerprint density at radius 2 is 1.53 bits per heavy atom. The number of nitrogens with one attached hydrogen (secondary N) is 1. The fraction of sp³-hybridized carbons (Fsp3) is 0.600. The van der Waals surface area contributed by atoms with Gasteiger partial charge in [-0.1, -0.05) is 0 Å². The minimum absolute atomic E-state index is 0.0308. The molecule has 9 heteroatoms. The lowest BCUT2D eigenvalue weighted by Gasteiger charge is -2.11. The third-order valence-electron chi connectivity index (χ3n) is 2.30. The lowest BCUT2D eigenvalue weighted by molar-refractivity contribution is -0.138. The second-order valence-corrected chi connectivity index (χ2v) is 4.01. The first-order valence-electron chi connectivity index (χ1n) is 5.60. The van der Waals surface area contributed by atoms with E-state index in [0.717, 1.165) is 0 Å². The Balaban J connectivity index is 4.01. The number of primary amides is 1. The van der Waals surface area contributed by atoms with Crippen LogP contribution in [0.5, 0.6) is 0 Å². The summed E-state index contributed by atoms with van der Waals surface area (Å²) in [4.78, 5) is 43.6. The van der Waals surface area contributed by atoms with Gasteiger partial charge in [0, 0.05) is 12.8 Å². The van der Waals surface area contributed by atoms with Gasteiger partial charge in [-0.25, -0.2) is 0 Å². The van der Waals surface area contributed by atoms with Crippen LogP contribution in [0.4, 0.5) is 0 Å². The smallest absolute Gasteiger partial charge is 0.320 e. The van der Waals surface area contributed by atoms with Crippen molar-refractivity contribution in [3.8, 4) is 0 Å². The summed E-state index contributed by atoms with van der Waals surface area (Å²) in [5.74, 6) is -3.23. The number of rotatable bonds is 8. The zero-order chi connectivity index (χ0) is 15.0. The van der Waals surface area contributed by atoms with E-state index in [4.69, 9.17) is 22.3 Å². The van der Waals surface area contributed by atoms with Crippen LogP contribution in [0.2, 0.25) is 0 Å². The average Bonchev–Trinajstić information content (AvgIpc) is 2.32. The van der Waals surface area contributed by atoms with Gasteiger partial charge in [0.2, 0.25) is 17.7 Å². The Labute approximate surface area is 109 Å². The molecule has 0 saturated carbocycles. The van der Waals surface area contributed by atoms with Gasteiger partial charge in [0.1, 0.15) is 6.04 Å². The van der Waals surface area contributed by atoms with Gasteiger partial charge in [-0.15, -0.1) is 0 Å². The molecule has 0 spiro atoms.